The summed E-state index contributed by atoms with van der Waals surface area (Å²) < 4.78 is 2.05. The van der Waals surface area contributed by atoms with Crippen LogP contribution in [0.2, 0.25) is 0 Å². The molecular formula is C12H23N3O. The summed E-state index contributed by atoms with van der Waals surface area (Å²) in [6, 6.07) is 2.17. The summed E-state index contributed by atoms with van der Waals surface area (Å²) in [5.74, 6) is 0. The first-order valence-electron chi connectivity index (χ1n) is 6.13. The van der Waals surface area contributed by atoms with Gasteiger partial charge in [0.25, 0.3) is 0 Å². The summed E-state index contributed by atoms with van der Waals surface area (Å²) in [5.41, 5.74) is 2.39. The normalized spacial score (nSPS) is 11.3. The van der Waals surface area contributed by atoms with Crippen molar-refractivity contribution in [3.05, 3.63) is 17.5 Å². The Labute approximate surface area is 97.9 Å². The van der Waals surface area contributed by atoms with Gasteiger partial charge >= 0.3 is 0 Å². The molecule has 0 aromatic carbocycles. The molecule has 0 aliphatic rings. The Balaban J connectivity index is 2.73. The number of likely N-dealkylation sites (N-methyl/N-ethyl adjacent to an activating group) is 1. The maximum Gasteiger partial charge on any atom is 0.0625 e. The summed E-state index contributed by atoms with van der Waals surface area (Å²) in [6.45, 7) is 10.0. The first-order chi connectivity index (χ1) is 7.74. The zero-order valence-electron chi connectivity index (χ0n) is 10.6. The van der Waals surface area contributed by atoms with Gasteiger partial charge in [-0.25, -0.2) is 0 Å². The monoisotopic (exact) mass is 225 g/mol. The van der Waals surface area contributed by atoms with Crippen LogP contribution in [-0.2, 0) is 19.5 Å². The molecule has 0 saturated carbocycles. The van der Waals surface area contributed by atoms with Crippen molar-refractivity contribution in [2.75, 3.05) is 19.7 Å². The van der Waals surface area contributed by atoms with E-state index in [1.165, 1.54) is 5.69 Å². The SMILES string of the molecule is CCc1cc(CN(CC)CCO)n(CC)n1. The minimum Gasteiger partial charge on any atom is -0.395 e. The van der Waals surface area contributed by atoms with E-state index in [4.69, 9.17) is 5.11 Å². The van der Waals surface area contributed by atoms with Gasteiger partial charge in [0, 0.05) is 19.6 Å². The molecule has 1 heterocycles. The van der Waals surface area contributed by atoms with E-state index in [0.29, 0.717) is 0 Å². The number of aliphatic hydroxyl groups is 1. The Kier molecular flexibility index (Phi) is 5.49. The molecule has 0 aliphatic heterocycles. The predicted octanol–water partition coefficient (Wildman–Crippen LogP) is 1.28. The van der Waals surface area contributed by atoms with E-state index in [9.17, 15) is 0 Å². The molecule has 0 fully saturated rings. The van der Waals surface area contributed by atoms with Crippen molar-refractivity contribution >= 4 is 0 Å². The molecule has 0 radical (unpaired) electrons. The second-order valence-corrected chi connectivity index (χ2v) is 3.89. The van der Waals surface area contributed by atoms with Gasteiger partial charge in [0.1, 0.15) is 0 Å². The van der Waals surface area contributed by atoms with Crippen molar-refractivity contribution in [3.63, 3.8) is 0 Å². The fraction of sp³-hybridized carbons (Fsp3) is 0.750. The lowest BCUT2D eigenvalue weighted by molar-refractivity contribution is 0.193. The molecule has 1 N–H and O–H groups in total. The average Bonchev–Trinajstić information content (AvgIpc) is 2.70. The van der Waals surface area contributed by atoms with Crippen LogP contribution in [0, 0.1) is 0 Å². The first-order valence-corrected chi connectivity index (χ1v) is 6.13. The fourth-order valence-corrected chi connectivity index (χ4v) is 1.81. The quantitative estimate of drug-likeness (QED) is 0.760. The highest BCUT2D eigenvalue weighted by atomic mass is 16.3. The number of aromatic nitrogens is 2. The molecule has 1 aromatic rings. The van der Waals surface area contributed by atoms with Gasteiger partial charge in [-0.2, -0.15) is 5.10 Å². The van der Waals surface area contributed by atoms with Crippen LogP contribution < -0.4 is 0 Å². The second-order valence-electron chi connectivity index (χ2n) is 3.89. The molecule has 0 aliphatic carbocycles. The fourth-order valence-electron chi connectivity index (χ4n) is 1.81. The Bertz CT molecular complexity index is 309. The van der Waals surface area contributed by atoms with Crippen LogP contribution in [0.3, 0.4) is 0 Å². The lowest BCUT2D eigenvalue weighted by atomic mass is 10.3. The van der Waals surface area contributed by atoms with Crippen molar-refractivity contribution in [2.24, 2.45) is 0 Å². The molecule has 1 rings (SSSR count). The third-order valence-electron chi connectivity index (χ3n) is 2.82. The Morgan fingerprint density at radius 2 is 2.12 bits per heavy atom. The lowest BCUT2D eigenvalue weighted by Crippen LogP contribution is -2.27. The largest absolute Gasteiger partial charge is 0.395 e. The van der Waals surface area contributed by atoms with Crippen molar-refractivity contribution in [3.8, 4) is 0 Å². The molecule has 4 nitrogen and oxygen atoms in total. The molecule has 0 spiro atoms. The van der Waals surface area contributed by atoms with Crippen LogP contribution in [-0.4, -0.2) is 39.5 Å². The summed E-state index contributed by atoms with van der Waals surface area (Å²) in [6.07, 6.45) is 0.978. The number of hydrogen-bond donors (Lipinski definition) is 1. The standard InChI is InChI=1S/C12H23N3O/c1-4-11-9-12(15(6-3)13-11)10-14(5-2)7-8-16/h9,16H,4-8,10H2,1-3H3. The van der Waals surface area contributed by atoms with E-state index in [2.05, 4.69) is 41.5 Å². The maximum absolute atomic E-state index is 8.96. The summed E-state index contributed by atoms with van der Waals surface area (Å²) in [5, 5.41) is 13.5. The van der Waals surface area contributed by atoms with E-state index in [1.54, 1.807) is 0 Å². The van der Waals surface area contributed by atoms with Crippen molar-refractivity contribution in [1.82, 2.24) is 14.7 Å². The molecule has 0 unspecified atom stereocenters. The predicted molar refractivity (Wildman–Crippen MR) is 65.3 cm³/mol. The van der Waals surface area contributed by atoms with Crippen LogP contribution in [0.15, 0.2) is 6.07 Å². The van der Waals surface area contributed by atoms with Crippen molar-refractivity contribution in [1.29, 1.82) is 0 Å². The smallest absolute Gasteiger partial charge is 0.0625 e. The van der Waals surface area contributed by atoms with Gasteiger partial charge in [0.05, 0.1) is 18.0 Å². The number of hydrogen-bond acceptors (Lipinski definition) is 3. The third-order valence-corrected chi connectivity index (χ3v) is 2.82. The zero-order valence-corrected chi connectivity index (χ0v) is 10.6. The second kappa shape index (κ2) is 6.66. The Morgan fingerprint density at radius 3 is 2.62 bits per heavy atom. The molecule has 0 atom stereocenters. The van der Waals surface area contributed by atoms with Crippen LogP contribution in [0.25, 0.3) is 0 Å². The van der Waals surface area contributed by atoms with E-state index in [0.717, 1.165) is 38.3 Å². The topological polar surface area (TPSA) is 41.3 Å². The summed E-state index contributed by atoms with van der Waals surface area (Å²) in [4.78, 5) is 2.22. The van der Waals surface area contributed by atoms with Crippen LogP contribution >= 0.6 is 0 Å². The molecular weight excluding hydrogens is 202 g/mol. The molecule has 0 amide bonds. The van der Waals surface area contributed by atoms with Crippen LogP contribution in [0.4, 0.5) is 0 Å². The molecule has 92 valence electrons. The highest BCUT2D eigenvalue weighted by Crippen LogP contribution is 2.08. The molecule has 0 saturated heterocycles. The van der Waals surface area contributed by atoms with Gasteiger partial charge in [-0.15, -0.1) is 0 Å². The lowest BCUT2D eigenvalue weighted by Gasteiger charge is -2.19. The van der Waals surface area contributed by atoms with Gasteiger partial charge in [-0.05, 0) is 26.0 Å². The Hall–Kier alpha value is -0.870. The molecule has 0 bridgehead atoms. The minimum atomic E-state index is 0.217. The summed E-state index contributed by atoms with van der Waals surface area (Å²) >= 11 is 0. The highest BCUT2D eigenvalue weighted by molar-refractivity contribution is 5.10. The molecule has 16 heavy (non-hydrogen) atoms. The molecule has 4 heteroatoms. The van der Waals surface area contributed by atoms with E-state index >= 15 is 0 Å². The number of aliphatic hydroxyl groups excluding tert-OH is 1. The molecule has 1 aromatic heterocycles. The van der Waals surface area contributed by atoms with Crippen LogP contribution in [0.1, 0.15) is 32.2 Å². The average molecular weight is 225 g/mol. The van der Waals surface area contributed by atoms with Crippen molar-refractivity contribution < 1.29 is 5.11 Å². The highest BCUT2D eigenvalue weighted by Gasteiger charge is 2.09. The summed E-state index contributed by atoms with van der Waals surface area (Å²) in [7, 11) is 0. The van der Waals surface area contributed by atoms with E-state index < -0.39 is 0 Å². The van der Waals surface area contributed by atoms with Gasteiger partial charge in [-0.3, -0.25) is 9.58 Å². The van der Waals surface area contributed by atoms with E-state index in [1.807, 2.05) is 0 Å². The number of aryl methyl sites for hydroxylation is 2. The van der Waals surface area contributed by atoms with E-state index in [-0.39, 0.29) is 6.61 Å². The number of rotatable bonds is 7. The minimum absolute atomic E-state index is 0.217. The van der Waals surface area contributed by atoms with Gasteiger partial charge < -0.3 is 5.11 Å². The first kappa shape index (κ1) is 13.2. The van der Waals surface area contributed by atoms with Gasteiger partial charge in [0.15, 0.2) is 0 Å². The van der Waals surface area contributed by atoms with Gasteiger partial charge in [0.2, 0.25) is 0 Å². The van der Waals surface area contributed by atoms with Gasteiger partial charge in [-0.1, -0.05) is 13.8 Å². The van der Waals surface area contributed by atoms with Crippen molar-refractivity contribution in [2.45, 2.75) is 40.3 Å². The maximum atomic E-state index is 8.96. The Morgan fingerprint density at radius 1 is 1.38 bits per heavy atom. The zero-order chi connectivity index (χ0) is 12.0. The van der Waals surface area contributed by atoms with Crippen LogP contribution in [0.5, 0.6) is 0 Å². The number of nitrogens with zero attached hydrogens (tertiary/aromatic N) is 3. The third kappa shape index (κ3) is 3.32.